The molecule has 3 rings (SSSR count). The normalized spacial score (nSPS) is 10.8. The number of carbonyl (C=O) groups excluding carboxylic acids is 1. The highest BCUT2D eigenvalue weighted by molar-refractivity contribution is 5.94. The summed E-state index contributed by atoms with van der Waals surface area (Å²) >= 11 is 0. The molecule has 0 aliphatic rings. The van der Waals surface area contributed by atoms with E-state index in [1.165, 1.54) is 0 Å². The molecule has 24 heavy (non-hydrogen) atoms. The van der Waals surface area contributed by atoms with Crippen molar-refractivity contribution in [3.8, 4) is 0 Å². The lowest BCUT2D eigenvalue weighted by Crippen LogP contribution is -2.11. The first kappa shape index (κ1) is 15.9. The summed E-state index contributed by atoms with van der Waals surface area (Å²) in [5, 5.41) is 7.91. The number of nitrogens with zero attached hydrogens (tertiary/aromatic N) is 3. The first-order valence-corrected chi connectivity index (χ1v) is 7.79. The number of fused-ring (bicyclic) bond motifs is 1. The molecule has 2 heterocycles. The van der Waals surface area contributed by atoms with Crippen molar-refractivity contribution in [2.24, 2.45) is 0 Å². The third-order valence-corrected chi connectivity index (χ3v) is 3.48. The van der Waals surface area contributed by atoms with Gasteiger partial charge in [-0.1, -0.05) is 24.2 Å². The van der Waals surface area contributed by atoms with E-state index in [0.717, 1.165) is 16.9 Å². The quantitative estimate of drug-likeness (QED) is 0.718. The number of nitrogens with one attached hydrogen (secondary N) is 1. The highest BCUT2D eigenvalue weighted by Crippen LogP contribution is 2.27. The smallest absolute Gasteiger partial charge is 0.376 e. The Bertz CT molecular complexity index is 889. The molecule has 3 aromatic rings. The van der Waals surface area contributed by atoms with Crippen molar-refractivity contribution in [1.29, 1.82) is 0 Å². The molecule has 1 aromatic carbocycles. The van der Waals surface area contributed by atoms with Crippen molar-refractivity contribution in [2.75, 3.05) is 11.9 Å². The molecule has 0 atom stereocenters. The number of carbonyl (C=O) groups is 1. The molecule has 1 N–H and O–H groups in total. The van der Waals surface area contributed by atoms with Crippen molar-refractivity contribution in [1.82, 2.24) is 15.1 Å². The molecule has 0 aliphatic heterocycles. The lowest BCUT2D eigenvalue weighted by molar-refractivity contribution is 0.0512. The number of benzene rings is 1. The van der Waals surface area contributed by atoms with Crippen LogP contribution in [0.4, 0.5) is 11.5 Å². The van der Waals surface area contributed by atoms with E-state index >= 15 is 0 Å². The molecular formula is C17H18N4O3. The largest absolute Gasteiger partial charge is 0.460 e. The molecule has 0 fully saturated rings. The third kappa shape index (κ3) is 3.05. The molecule has 7 nitrogen and oxygen atoms in total. The fourth-order valence-corrected chi connectivity index (χ4v) is 2.39. The predicted octanol–water partition coefficient (Wildman–Crippen LogP) is 3.41. The number of ether oxygens (including phenoxy) is 1. The minimum absolute atomic E-state index is 0.0571. The monoisotopic (exact) mass is 326 g/mol. The van der Waals surface area contributed by atoms with Gasteiger partial charge < -0.3 is 14.6 Å². The summed E-state index contributed by atoms with van der Waals surface area (Å²) < 4.78 is 10.2. The highest BCUT2D eigenvalue weighted by atomic mass is 16.5. The highest BCUT2D eigenvalue weighted by Gasteiger charge is 2.20. The Morgan fingerprint density at radius 2 is 2.12 bits per heavy atom. The van der Waals surface area contributed by atoms with Gasteiger partial charge in [0.05, 0.1) is 12.3 Å². The molecule has 124 valence electrons. The standard InChI is InChI=1S/C17H18N4O3/c1-4-12-13-14(18-11-8-6-7-10(3)9-11)19-15(17(22)23-5-2)20-16(13)24-21-12/h6-9H,4-5H2,1-3H3,(H,18,19,20). The SMILES string of the molecule is CCOC(=O)c1nc(Nc2cccc(C)c2)c2c(CC)noc2n1. The van der Waals surface area contributed by atoms with Crippen LogP contribution >= 0.6 is 0 Å². The summed E-state index contributed by atoms with van der Waals surface area (Å²) in [7, 11) is 0. The van der Waals surface area contributed by atoms with Crippen molar-refractivity contribution in [3.05, 3.63) is 41.3 Å². The number of hydrogen-bond donors (Lipinski definition) is 1. The van der Waals surface area contributed by atoms with Crippen molar-refractivity contribution in [2.45, 2.75) is 27.2 Å². The molecule has 0 amide bonds. The fourth-order valence-electron chi connectivity index (χ4n) is 2.39. The molecule has 0 spiro atoms. The summed E-state index contributed by atoms with van der Waals surface area (Å²) in [5.41, 5.74) is 2.96. The van der Waals surface area contributed by atoms with Gasteiger partial charge in [-0.05, 0) is 38.0 Å². The van der Waals surface area contributed by atoms with Crippen LogP contribution < -0.4 is 5.32 Å². The maximum Gasteiger partial charge on any atom is 0.376 e. The van der Waals surface area contributed by atoms with E-state index in [4.69, 9.17) is 9.26 Å². The molecule has 0 radical (unpaired) electrons. The van der Waals surface area contributed by atoms with E-state index in [1.54, 1.807) is 6.92 Å². The van der Waals surface area contributed by atoms with E-state index < -0.39 is 5.97 Å². The van der Waals surface area contributed by atoms with Crippen LogP contribution in [0.5, 0.6) is 0 Å². The summed E-state index contributed by atoms with van der Waals surface area (Å²) in [4.78, 5) is 20.4. The average molecular weight is 326 g/mol. The van der Waals surface area contributed by atoms with Crippen LogP contribution in [0, 0.1) is 6.92 Å². The van der Waals surface area contributed by atoms with Crippen LogP contribution in [0.25, 0.3) is 11.1 Å². The Hall–Kier alpha value is -2.96. The average Bonchev–Trinajstić information content (AvgIpc) is 2.98. The van der Waals surface area contributed by atoms with Gasteiger partial charge in [-0.25, -0.2) is 9.78 Å². The number of hydrogen-bond acceptors (Lipinski definition) is 7. The summed E-state index contributed by atoms with van der Waals surface area (Å²) in [5.74, 6) is -0.175. The van der Waals surface area contributed by atoms with Gasteiger partial charge in [0.15, 0.2) is 0 Å². The Labute approximate surface area is 139 Å². The zero-order valence-corrected chi connectivity index (χ0v) is 13.8. The molecular weight excluding hydrogens is 308 g/mol. The first-order valence-electron chi connectivity index (χ1n) is 7.79. The molecule has 7 heteroatoms. The molecule has 2 aromatic heterocycles. The molecule has 0 saturated heterocycles. The van der Waals surface area contributed by atoms with Crippen LogP contribution in [0.15, 0.2) is 28.8 Å². The second-order valence-electron chi connectivity index (χ2n) is 5.27. The van der Waals surface area contributed by atoms with Gasteiger partial charge >= 0.3 is 5.97 Å². The Balaban J connectivity index is 2.11. The summed E-state index contributed by atoms with van der Waals surface area (Å²) in [6.45, 7) is 5.94. The lowest BCUT2D eigenvalue weighted by Gasteiger charge is -2.09. The minimum atomic E-state index is -0.596. The van der Waals surface area contributed by atoms with Crippen LogP contribution in [0.2, 0.25) is 0 Å². The van der Waals surface area contributed by atoms with E-state index in [0.29, 0.717) is 17.6 Å². The van der Waals surface area contributed by atoms with Crippen LogP contribution in [0.3, 0.4) is 0 Å². The number of aromatic nitrogens is 3. The third-order valence-electron chi connectivity index (χ3n) is 3.48. The van der Waals surface area contributed by atoms with Gasteiger partial charge in [0.1, 0.15) is 11.2 Å². The molecule has 0 aliphatic carbocycles. The maximum absolute atomic E-state index is 12.0. The summed E-state index contributed by atoms with van der Waals surface area (Å²) in [6, 6.07) is 7.85. The van der Waals surface area contributed by atoms with Gasteiger partial charge in [0.25, 0.3) is 5.71 Å². The van der Waals surface area contributed by atoms with E-state index in [9.17, 15) is 4.79 Å². The lowest BCUT2D eigenvalue weighted by atomic mass is 10.2. The van der Waals surface area contributed by atoms with Crippen LogP contribution in [0.1, 0.15) is 35.7 Å². The van der Waals surface area contributed by atoms with Crippen molar-refractivity contribution >= 4 is 28.6 Å². The Morgan fingerprint density at radius 1 is 1.29 bits per heavy atom. The second-order valence-corrected chi connectivity index (χ2v) is 5.27. The molecule has 0 bridgehead atoms. The number of rotatable bonds is 5. The van der Waals surface area contributed by atoms with Gasteiger partial charge in [-0.3, -0.25) is 0 Å². The second kappa shape index (κ2) is 6.66. The van der Waals surface area contributed by atoms with E-state index in [1.807, 2.05) is 38.1 Å². The Morgan fingerprint density at radius 3 is 2.83 bits per heavy atom. The Kier molecular flexibility index (Phi) is 4.41. The zero-order valence-electron chi connectivity index (χ0n) is 13.8. The molecule has 0 unspecified atom stereocenters. The minimum Gasteiger partial charge on any atom is -0.460 e. The fraction of sp³-hybridized carbons (Fsp3) is 0.294. The zero-order chi connectivity index (χ0) is 17.1. The summed E-state index contributed by atoms with van der Waals surface area (Å²) in [6.07, 6.45) is 0.664. The van der Waals surface area contributed by atoms with Crippen molar-refractivity contribution < 1.29 is 14.1 Å². The van der Waals surface area contributed by atoms with Crippen LogP contribution in [-0.2, 0) is 11.2 Å². The number of aryl methyl sites for hydroxylation is 2. The predicted molar refractivity (Wildman–Crippen MR) is 89.4 cm³/mol. The van der Waals surface area contributed by atoms with E-state index in [-0.39, 0.29) is 18.1 Å². The van der Waals surface area contributed by atoms with Gasteiger partial charge in [0, 0.05) is 5.69 Å². The van der Waals surface area contributed by atoms with Gasteiger partial charge in [-0.2, -0.15) is 4.98 Å². The number of anilines is 2. The molecule has 0 saturated carbocycles. The number of esters is 1. The van der Waals surface area contributed by atoms with E-state index in [2.05, 4.69) is 20.4 Å². The van der Waals surface area contributed by atoms with Gasteiger partial charge in [0.2, 0.25) is 5.82 Å². The topological polar surface area (TPSA) is 90.1 Å². The first-order chi connectivity index (χ1) is 11.6. The van der Waals surface area contributed by atoms with Gasteiger partial charge in [-0.15, -0.1) is 0 Å². The maximum atomic E-state index is 12.0. The van der Waals surface area contributed by atoms with Crippen molar-refractivity contribution in [3.63, 3.8) is 0 Å². The van der Waals surface area contributed by atoms with Crippen LogP contribution in [-0.4, -0.2) is 27.7 Å².